The lowest BCUT2D eigenvalue weighted by molar-refractivity contribution is -0.127. The van der Waals surface area contributed by atoms with Crippen LogP contribution in [0.25, 0.3) is 0 Å². The van der Waals surface area contributed by atoms with E-state index in [1.807, 2.05) is 0 Å². The van der Waals surface area contributed by atoms with Crippen LogP contribution in [0.1, 0.15) is 36.0 Å². The first-order chi connectivity index (χ1) is 11.1. The number of hydrogen-bond donors (Lipinski definition) is 2. The number of nitrogens with one attached hydrogen (secondary N) is 2. The molecule has 2 heterocycles. The summed E-state index contributed by atoms with van der Waals surface area (Å²) in [5.74, 6) is -0.520. The van der Waals surface area contributed by atoms with E-state index >= 15 is 0 Å². The molecule has 0 aromatic carbocycles. The number of hydrogen-bond acceptors (Lipinski definition) is 5. The van der Waals surface area contributed by atoms with Gasteiger partial charge < -0.3 is 10.3 Å². The van der Waals surface area contributed by atoms with Crippen molar-refractivity contribution in [2.24, 2.45) is 0 Å². The van der Waals surface area contributed by atoms with E-state index in [1.165, 1.54) is 17.2 Å². The zero-order valence-corrected chi connectivity index (χ0v) is 13.2. The number of rotatable bonds is 3. The molecule has 2 atom stereocenters. The Labute approximate surface area is 136 Å². The lowest BCUT2D eigenvalue weighted by Crippen LogP contribution is -2.55. The first kappa shape index (κ1) is 15.8. The van der Waals surface area contributed by atoms with Gasteiger partial charge in [0.05, 0.1) is 17.8 Å². The van der Waals surface area contributed by atoms with E-state index in [9.17, 15) is 19.2 Å². The summed E-state index contributed by atoms with van der Waals surface area (Å²) in [6.45, 7) is 0. The van der Waals surface area contributed by atoms with Gasteiger partial charge in [0.25, 0.3) is 16.7 Å². The van der Waals surface area contributed by atoms with Gasteiger partial charge in [-0.2, -0.15) is 0 Å². The largest absolute Gasteiger partial charge is 0.347 e. The Kier molecular flexibility index (Phi) is 4.51. The van der Waals surface area contributed by atoms with Crippen LogP contribution < -0.4 is 10.9 Å². The fraction of sp³-hybridized carbons (Fsp3) is 0.467. The second kappa shape index (κ2) is 6.57. The van der Waals surface area contributed by atoms with Crippen molar-refractivity contribution in [3.63, 3.8) is 0 Å². The Bertz CT molecular complexity index is 686. The van der Waals surface area contributed by atoms with Gasteiger partial charge in [0.1, 0.15) is 5.56 Å². The maximum atomic E-state index is 12.3. The van der Waals surface area contributed by atoms with Crippen molar-refractivity contribution in [1.29, 1.82) is 0 Å². The van der Waals surface area contributed by atoms with Crippen LogP contribution in [0.2, 0.25) is 0 Å². The molecule has 8 heteroatoms. The van der Waals surface area contributed by atoms with E-state index in [2.05, 4.69) is 10.3 Å². The number of aromatic nitrogens is 1. The highest BCUT2D eigenvalue weighted by Gasteiger charge is 2.41. The molecule has 1 saturated carbocycles. The minimum absolute atomic E-state index is 0.0327. The molecule has 7 nitrogen and oxygen atoms in total. The van der Waals surface area contributed by atoms with Gasteiger partial charge in [-0.15, -0.1) is 0 Å². The Morgan fingerprint density at radius 3 is 2.74 bits per heavy atom. The summed E-state index contributed by atoms with van der Waals surface area (Å²) in [5.41, 5.74) is -0.425. The van der Waals surface area contributed by atoms with Gasteiger partial charge in [-0.25, -0.2) is 0 Å². The number of carbonyl (C=O) groups excluding carboxylic acids is 3. The molecular weight excluding hydrogens is 318 g/mol. The topological polar surface area (TPSA) is 99.3 Å². The molecule has 2 N–H and O–H groups in total. The number of imide groups is 1. The molecular formula is C15H17N3O4S. The smallest absolute Gasteiger partial charge is 0.289 e. The number of pyridine rings is 1. The Morgan fingerprint density at radius 1 is 1.26 bits per heavy atom. The van der Waals surface area contributed by atoms with E-state index in [4.69, 9.17) is 0 Å². The summed E-state index contributed by atoms with van der Waals surface area (Å²) >= 11 is 0.997. The SMILES string of the molecule is O=C(NC1CCCCC1N1C(=O)CSC1=O)c1ccc[nH]c1=O. The Morgan fingerprint density at radius 2 is 2.04 bits per heavy atom. The van der Waals surface area contributed by atoms with Gasteiger partial charge in [0.2, 0.25) is 5.91 Å². The van der Waals surface area contributed by atoms with Crippen LogP contribution >= 0.6 is 11.8 Å². The van der Waals surface area contributed by atoms with Gasteiger partial charge in [-0.05, 0) is 25.0 Å². The van der Waals surface area contributed by atoms with Crippen molar-refractivity contribution in [1.82, 2.24) is 15.2 Å². The summed E-state index contributed by atoms with van der Waals surface area (Å²) in [6, 6.07) is 2.39. The molecule has 1 aliphatic carbocycles. The van der Waals surface area contributed by atoms with Crippen molar-refractivity contribution >= 4 is 28.8 Å². The van der Waals surface area contributed by atoms with Crippen LogP contribution in [0, 0.1) is 0 Å². The minimum atomic E-state index is -0.476. The van der Waals surface area contributed by atoms with E-state index < -0.39 is 11.5 Å². The van der Waals surface area contributed by atoms with Crippen LogP contribution in [0.3, 0.4) is 0 Å². The van der Waals surface area contributed by atoms with Crippen molar-refractivity contribution in [2.75, 3.05) is 5.75 Å². The highest BCUT2D eigenvalue weighted by atomic mass is 32.2. The van der Waals surface area contributed by atoms with Crippen molar-refractivity contribution in [2.45, 2.75) is 37.8 Å². The molecule has 122 valence electrons. The summed E-state index contributed by atoms with van der Waals surface area (Å²) in [6.07, 6.45) is 4.64. The third-order valence-electron chi connectivity index (χ3n) is 4.22. The van der Waals surface area contributed by atoms with Gasteiger partial charge >= 0.3 is 0 Å². The molecule has 2 aliphatic rings. The summed E-state index contributed by atoms with van der Waals surface area (Å²) in [4.78, 5) is 51.7. The highest BCUT2D eigenvalue weighted by molar-refractivity contribution is 8.14. The zero-order chi connectivity index (χ0) is 16.4. The number of thioether (sulfide) groups is 1. The fourth-order valence-electron chi connectivity index (χ4n) is 3.12. The summed E-state index contributed by atoms with van der Waals surface area (Å²) in [7, 11) is 0. The van der Waals surface area contributed by atoms with Crippen LogP contribution in [0.15, 0.2) is 23.1 Å². The predicted octanol–water partition coefficient (Wildman–Crippen LogP) is 1.11. The number of nitrogens with zero attached hydrogens (tertiary/aromatic N) is 1. The van der Waals surface area contributed by atoms with Gasteiger partial charge in [0.15, 0.2) is 0 Å². The minimum Gasteiger partial charge on any atom is -0.347 e. The van der Waals surface area contributed by atoms with E-state index in [1.54, 1.807) is 6.07 Å². The normalized spacial score (nSPS) is 24.8. The first-order valence-corrected chi connectivity index (χ1v) is 8.54. The van der Waals surface area contributed by atoms with E-state index in [0.29, 0.717) is 12.8 Å². The summed E-state index contributed by atoms with van der Waals surface area (Å²) < 4.78 is 0. The molecule has 1 aromatic rings. The molecule has 0 spiro atoms. The third-order valence-corrected chi connectivity index (χ3v) is 5.06. The molecule has 0 bridgehead atoms. The van der Waals surface area contributed by atoms with Gasteiger partial charge in [0, 0.05) is 6.20 Å². The highest BCUT2D eigenvalue weighted by Crippen LogP contribution is 2.30. The lowest BCUT2D eigenvalue weighted by Gasteiger charge is -2.36. The second-order valence-electron chi connectivity index (χ2n) is 5.66. The standard InChI is InChI=1S/C15H17N3O4S/c19-12-8-23-15(22)18(12)11-6-2-1-5-10(11)17-14(21)9-4-3-7-16-13(9)20/h3-4,7,10-11H,1-2,5-6,8H2,(H,16,20)(H,17,21). The molecule has 1 saturated heterocycles. The van der Waals surface area contributed by atoms with Crippen LogP contribution in [-0.4, -0.2) is 44.8 Å². The molecule has 3 amide bonds. The average molecular weight is 335 g/mol. The Hall–Kier alpha value is -2.09. The number of H-pyrrole nitrogens is 1. The molecule has 23 heavy (non-hydrogen) atoms. The number of carbonyl (C=O) groups is 3. The quantitative estimate of drug-likeness (QED) is 0.862. The van der Waals surface area contributed by atoms with Gasteiger partial charge in [-0.3, -0.25) is 24.1 Å². The van der Waals surface area contributed by atoms with E-state index in [0.717, 1.165) is 24.6 Å². The molecule has 2 fully saturated rings. The molecule has 0 radical (unpaired) electrons. The molecule has 1 aromatic heterocycles. The van der Waals surface area contributed by atoms with E-state index in [-0.39, 0.29) is 34.5 Å². The van der Waals surface area contributed by atoms with Crippen LogP contribution in [0.5, 0.6) is 0 Å². The molecule has 2 unspecified atom stereocenters. The third kappa shape index (κ3) is 3.17. The van der Waals surface area contributed by atoms with Crippen molar-refractivity contribution in [3.05, 3.63) is 34.2 Å². The zero-order valence-electron chi connectivity index (χ0n) is 12.4. The molecule has 3 rings (SSSR count). The van der Waals surface area contributed by atoms with Crippen LogP contribution in [-0.2, 0) is 4.79 Å². The first-order valence-electron chi connectivity index (χ1n) is 7.55. The second-order valence-corrected chi connectivity index (χ2v) is 6.59. The number of amides is 3. The maximum absolute atomic E-state index is 12.3. The summed E-state index contributed by atoms with van der Waals surface area (Å²) in [5, 5.41) is 2.58. The van der Waals surface area contributed by atoms with Crippen molar-refractivity contribution in [3.8, 4) is 0 Å². The predicted molar refractivity (Wildman–Crippen MR) is 85.3 cm³/mol. The van der Waals surface area contributed by atoms with Crippen LogP contribution in [0.4, 0.5) is 4.79 Å². The number of aromatic amines is 1. The molecule has 1 aliphatic heterocycles. The van der Waals surface area contributed by atoms with Crippen molar-refractivity contribution < 1.29 is 14.4 Å². The lowest BCUT2D eigenvalue weighted by atomic mass is 9.89. The fourth-order valence-corrected chi connectivity index (χ4v) is 3.88. The average Bonchev–Trinajstić information content (AvgIpc) is 2.87. The Balaban J connectivity index is 1.78. The van der Waals surface area contributed by atoms with Gasteiger partial charge in [-0.1, -0.05) is 24.6 Å². The maximum Gasteiger partial charge on any atom is 0.289 e. The monoisotopic (exact) mass is 335 g/mol.